The Hall–Kier alpha value is -1.69. The molecule has 0 aromatic carbocycles. The van der Waals surface area contributed by atoms with Crippen molar-refractivity contribution in [2.75, 3.05) is 13.6 Å². The second kappa shape index (κ2) is 6.17. The number of amides is 2. The third kappa shape index (κ3) is 2.90. The van der Waals surface area contributed by atoms with Gasteiger partial charge in [0, 0.05) is 13.6 Å². The Bertz CT molecular complexity index is 538. The lowest BCUT2D eigenvalue weighted by atomic mass is 10.0. The van der Waals surface area contributed by atoms with Crippen molar-refractivity contribution in [1.82, 2.24) is 10.2 Å². The summed E-state index contributed by atoms with van der Waals surface area (Å²) in [5, 5.41) is 2.61. The fourth-order valence-corrected chi connectivity index (χ4v) is 3.25. The number of nitrogens with one attached hydrogen (secondary N) is 1. The number of hydrogen-bond donors (Lipinski definition) is 1. The molecule has 2 heterocycles. The van der Waals surface area contributed by atoms with Gasteiger partial charge in [-0.15, -0.1) is 11.3 Å². The van der Waals surface area contributed by atoms with E-state index in [-0.39, 0.29) is 17.6 Å². The van der Waals surface area contributed by atoms with Gasteiger partial charge in [-0.1, -0.05) is 0 Å². The monoisotopic (exact) mass is 294 g/mol. The van der Waals surface area contributed by atoms with Gasteiger partial charge in [-0.2, -0.15) is 0 Å². The third-order valence-corrected chi connectivity index (χ3v) is 4.65. The van der Waals surface area contributed by atoms with Crippen LogP contribution >= 0.6 is 11.3 Å². The van der Waals surface area contributed by atoms with Gasteiger partial charge in [0.2, 0.25) is 5.91 Å². The lowest BCUT2D eigenvalue weighted by Gasteiger charge is -2.34. The Morgan fingerprint density at radius 2 is 1.95 bits per heavy atom. The third-order valence-electron chi connectivity index (χ3n) is 3.48. The minimum absolute atomic E-state index is 0.0458. The van der Waals surface area contributed by atoms with Gasteiger partial charge in [0.25, 0.3) is 5.91 Å². The van der Waals surface area contributed by atoms with Gasteiger partial charge in [-0.25, -0.2) is 0 Å². The number of carbonyl (C=O) groups is 3. The average Bonchev–Trinajstić information content (AvgIpc) is 2.95. The Morgan fingerprint density at radius 3 is 2.55 bits per heavy atom. The van der Waals surface area contributed by atoms with Crippen molar-refractivity contribution in [1.29, 1.82) is 0 Å². The zero-order chi connectivity index (χ0) is 14.7. The number of hydrogen-bond acceptors (Lipinski definition) is 4. The molecule has 1 aliphatic rings. The smallest absolute Gasteiger partial charge is 0.264 e. The molecule has 5 nitrogen and oxygen atoms in total. The molecule has 1 aromatic heterocycles. The van der Waals surface area contributed by atoms with Gasteiger partial charge in [0.15, 0.2) is 5.78 Å². The SMILES string of the molecule is CNC(=O)[C@@H]1CCCCN1C(=O)c1ccc(C(C)=O)s1. The molecule has 0 saturated carbocycles. The molecule has 0 aliphatic carbocycles. The van der Waals surface area contributed by atoms with Crippen LogP contribution in [0.2, 0.25) is 0 Å². The van der Waals surface area contributed by atoms with Gasteiger partial charge < -0.3 is 10.2 Å². The number of rotatable bonds is 3. The molecule has 1 saturated heterocycles. The van der Waals surface area contributed by atoms with E-state index in [4.69, 9.17) is 0 Å². The minimum Gasteiger partial charge on any atom is -0.357 e. The maximum Gasteiger partial charge on any atom is 0.264 e. The molecular formula is C14H18N2O3S. The van der Waals surface area contributed by atoms with Gasteiger partial charge in [0.1, 0.15) is 6.04 Å². The van der Waals surface area contributed by atoms with Crippen LogP contribution in [0.1, 0.15) is 45.5 Å². The number of carbonyl (C=O) groups excluding carboxylic acids is 3. The summed E-state index contributed by atoms with van der Waals surface area (Å²) in [6, 6.07) is 2.93. The van der Waals surface area contributed by atoms with E-state index >= 15 is 0 Å². The Balaban J connectivity index is 2.20. The first-order valence-corrected chi connectivity index (χ1v) is 7.49. The number of Topliss-reactive ketones (excluding diaryl/α,β-unsaturated/α-hetero) is 1. The standard InChI is InChI=1S/C14H18N2O3S/c1-9(17)11-6-7-12(20-11)14(19)16-8-4-3-5-10(16)13(18)15-2/h6-7,10H,3-5,8H2,1-2H3,(H,15,18)/t10-/m0/s1. The molecule has 1 aliphatic heterocycles. The molecule has 20 heavy (non-hydrogen) atoms. The first-order chi connectivity index (χ1) is 9.54. The van der Waals surface area contributed by atoms with Gasteiger partial charge >= 0.3 is 0 Å². The summed E-state index contributed by atoms with van der Waals surface area (Å²) in [5.41, 5.74) is 0. The molecular weight excluding hydrogens is 276 g/mol. The van der Waals surface area contributed by atoms with Crippen LogP contribution in [0.5, 0.6) is 0 Å². The van der Waals surface area contributed by atoms with E-state index in [9.17, 15) is 14.4 Å². The summed E-state index contributed by atoms with van der Waals surface area (Å²) in [5.74, 6) is -0.326. The van der Waals surface area contributed by atoms with E-state index in [1.165, 1.54) is 18.3 Å². The van der Waals surface area contributed by atoms with Crippen molar-refractivity contribution in [3.05, 3.63) is 21.9 Å². The van der Waals surface area contributed by atoms with Gasteiger partial charge in [-0.3, -0.25) is 14.4 Å². The predicted molar refractivity (Wildman–Crippen MR) is 77.1 cm³/mol. The molecule has 1 fully saturated rings. The average molecular weight is 294 g/mol. The number of nitrogens with zero attached hydrogens (tertiary/aromatic N) is 1. The van der Waals surface area contributed by atoms with E-state index in [0.717, 1.165) is 12.8 Å². The van der Waals surface area contributed by atoms with E-state index in [0.29, 0.717) is 22.7 Å². The topological polar surface area (TPSA) is 66.5 Å². The highest BCUT2D eigenvalue weighted by Crippen LogP contribution is 2.24. The number of ketones is 1. The molecule has 6 heteroatoms. The Morgan fingerprint density at radius 1 is 1.25 bits per heavy atom. The number of piperidine rings is 1. The quantitative estimate of drug-likeness (QED) is 0.863. The fraction of sp³-hybridized carbons (Fsp3) is 0.500. The van der Waals surface area contributed by atoms with Gasteiger partial charge in [0.05, 0.1) is 9.75 Å². The van der Waals surface area contributed by atoms with Crippen molar-refractivity contribution >= 4 is 28.9 Å². The van der Waals surface area contributed by atoms with E-state index in [1.807, 2.05) is 0 Å². The number of likely N-dealkylation sites (N-methyl/N-ethyl adjacent to an activating group) is 1. The molecule has 108 valence electrons. The van der Waals surface area contributed by atoms with Crippen molar-refractivity contribution in [3.8, 4) is 0 Å². The van der Waals surface area contributed by atoms with Crippen LogP contribution in [0.25, 0.3) is 0 Å². The molecule has 2 rings (SSSR count). The van der Waals surface area contributed by atoms with Crippen molar-refractivity contribution in [2.45, 2.75) is 32.2 Å². The number of likely N-dealkylation sites (tertiary alicyclic amines) is 1. The van der Waals surface area contributed by atoms with E-state index in [1.54, 1.807) is 24.1 Å². The molecule has 0 radical (unpaired) electrons. The van der Waals surface area contributed by atoms with Crippen molar-refractivity contribution < 1.29 is 14.4 Å². The first-order valence-electron chi connectivity index (χ1n) is 6.68. The summed E-state index contributed by atoms with van der Waals surface area (Å²) >= 11 is 1.19. The summed E-state index contributed by atoms with van der Waals surface area (Å²) in [6.45, 7) is 2.07. The van der Waals surface area contributed by atoms with E-state index in [2.05, 4.69) is 5.32 Å². The first kappa shape index (κ1) is 14.7. The summed E-state index contributed by atoms with van der Waals surface area (Å²) in [4.78, 5) is 38.4. The van der Waals surface area contributed by atoms with Crippen LogP contribution in [-0.4, -0.2) is 42.1 Å². The maximum atomic E-state index is 12.5. The van der Waals surface area contributed by atoms with Crippen LogP contribution in [0.4, 0.5) is 0 Å². The second-order valence-corrected chi connectivity index (χ2v) is 5.93. The lowest BCUT2D eigenvalue weighted by molar-refractivity contribution is -0.126. The maximum absolute atomic E-state index is 12.5. The van der Waals surface area contributed by atoms with Crippen LogP contribution in [-0.2, 0) is 4.79 Å². The highest BCUT2D eigenvalue weighted by atomic mass is 32.1. The predicted octanol–water partition coefficient (Wildman–Crippen LogP) is 1.69. The molecule has 1 aromatic rings. The zero-order valence-electron chi connectivity index (χ0n) is 11.6. The minimum atomic E-state index is -0.399. The zero-order valence-corrected chi connectivity index (χ0v) is 12.5. The molecule has 2 amide bonds. The van der Waals surface area contributed by atoms with Crippen molar-refractivity contribution in [2.24, 2.45) is 0 Å². The van der Waals surface area contributed by atoms with Gasteiger partial charge in [-0.05, 0) is 38.3 Å². The Labute approximate surface area is 122 Å². The number of thiophene rings is 1. The fourth-order valence-electron chi connectivity index (χ4n) is 2.40. The highest BCUT2D eigenvalue weighted by molar-refractivity contribution is 7.15. The summed E-state index contributed by atoms with van der Waals surface area (Å²) in [6.07, 6.45) is 2.55. The highest BCUT2D eigenvalue weighted by Gasteiger charge is 2.32. The molecule has 1 atom stereocenters. The summed E-state index contributed by atoms with van der Waals surface area (Å²) < 4.78 is 0. The summed E-state index contributed by atoms with van der Waals surface area (Å²) in [7, 11) is 1.58. The van der Waals surface area contributed by atoms with Crippen LogP contribution in [0, 0.1) is 0 Å². The molecule has 0 unspecified atom stereocenters. The molecule has 1 N–H and O–H groups in total. The van der Waals surface area contributed by atoms with E-state index < -0.39 is 6.04 Å². The van der Waals surface area contributed by atoms with Crippen LogP contribution in [0.15, 0.2) is 12.1 Å². The largest absolute Gasteiger partial charge is 0.357 e. The second-order valence-electron chi connectivity index (χ2n) is 4.84. The van der Waals surface area contributed by atoms with Crippen LogP contribution < -0.4 is 5.32 Å². The normalized spacial score (nSPS) is 18.7. The lowest BCUT2D eigenvalue weighted by Crippen LogP contribution is -2.51. The molecule has 0 spiro atoms. The van der Waals surface area contributed by atoms with Crippen LogP contribution in [0.3, 0.4) is 0 Å². The molecule has 0 bridgehead atoms. The Kier molecular flexibility index (Phi) is 4.54. The van der Waals surface area contributed by atoms with Crippen molar-refractivity contribution in [3.63, 3.8) is 0 Å².